The lowest BCUT2D eigenvalue weighted by molar-refractivity contribution is -0.143. The molecule has 0 unspecified atom stereocenters. The van der Waals surface area contributed by atoms with Crippen LogP contribution >= 0.6 is 0 Å². The lowest BCUT2D eigenvalue weighted by atomic mass is 9.68. The molecular weight excluding hydrogens is 532 g/mol. The predicted octanol–water partition coefficient (Wildman–Crippen LogP) is 0.733. The number of fused-ring (bicyclic) bond motifs is 5. The summed E-state index contributed by atoms with van der Waals surface area (Å²) in [4.78, 5) is 71.0. The molecule has 0 aromatic carbocycles. The molecule has 5 aliphatic rings. The summed E-state index contributed by atoms with van der Waals surface area (Å²) in [6, 6.07) is -2.73. The van der Waals surface area contributed by atoms with Gasteiger partial charge in [-0.3, -0.25) is 29.0 Å². The van der Waals surface area contributed by atoms with Crippen LogP contribution in [0.1, 0.15) is 34.1 Å². The lowest BCUT2D eigenvalue weighted by Gasteiger charge is -2.59. The maximum absolute atomic E-state index is 13.8. The van der Waals surface area contributed by atoms with Crippen molar-refractivity contribution in [2.45, 2.75) is 64.4 Å². The van der Waals surface area contributed by atoms with Gasteiger partial charge >= 0.3 is 5.97 Å². The second-order valence-corrected chi connectivity index (χ2v) is 11.0. The minimum Gasteiger partial charge on any atom is -0.492 e. The molecule has 0 aromatic heterocycles. The van der Waals surface area contributed by atoms with Crippen molar-refractivity contribution >= 4 is 29.1 Å². The van der Waals surface area contributed by atoms with Gasteiger partial charge in [0.25, 0.3) is 0 Å². The molecule has 3 aliphatic heterocycles. The smallest absolute Gasteiger partial charge is 0.333 e. The number of hydrogen-bond donors (Lipinski definition) is 1. The van der Waals surface area contributed by atoms with Crippen LogP contribution in [0.25, 0.3) is 0 Å². The summed E-state index contributed by atoms with van der Waals surface area (Å²) in [5, 5.41) is 11.5. The molecule has 0 spiro atoms. The van der Waals surface area contributed by atoms with E-state index in [9.17, 15) is 29.1 Å². The summed E-state index contributed by atoms with van der Waals surface area (Å²) in [7, 11) is 4.41. The normalized spacial score (nSPS) is 30.9. The van der Waals surface area contributed by atoms with E-state index in [4.69, 9.17) is 14.2 Å². The van der Waals surface area contributed by atoms with E-state index in [1.807, 2.05) is 9.80 Å². The fourth-order valence-electron chi connectivity index (χ4n) is 6.94. The maximum atomic E-state index is 13.8. The van der Waals surface area contributed by atoms with E-state index in [1.54, 1.807) is 27.0 Å². The van der Waals surface area contributed by atoms with E-state index >= 15 is 0 Å². The lowest BCUT2D eigenvalue weighted by Crippen LogP contribution is -2.73. The molecule has 11 nitrogen and oxygen atoms in total. The number of piperazine rings is 1. The Labute approximate surface area is 237 Å². The molecule has 2 aliphatic carbocycles. The SMILES string of the molecule is C/C=C(/C)C(=O)OC[C@H]1C2=C(C[C@H]3[C@H]4C5=C(C(=O)C(C)=C(OC)C5=O)[C@H](O)[C@@H](CN13)N4C)C(=O)C(C)=C(OC)C2=O. The summed E-state index contributed by atoms with van der Waals surface area (Å²) >= 11 is 0. The van der Waals surface area contributed by atoms with Gasteiger partial charge in [-0.15, -0.1) is 0 Å². The quantitative estimate of drug-likeness (QED) is 0.286. The zero-order chi connectivity index (χ0) is 30.1. The van der Waals surface area contributed by atoms with E-state index in [1.165, 1.54) is 28.1 Å². The fourth-order valence-corrected chi connectivity index (χ4v) is 6.94. The number of methoxy groups -OCH3 is 2. The first-order chi connectivity index (χ1) is 19.4. The Bertz CT molecular complexity index is 1460. The van der Waals surface area contributed by atoms with Gasteiger partial charge in [0.2, 0.25) is 11.6 Å². The van der Waals surface area contributed by atoms with E-state index in [0.29, 0.717) is 5.57 Å². The van der Waals surface area contributed by atoms with Gasteiger partial charge in [0.05, 0.1) is 38.4 Å². The number of ketones is 4. The Morgan fingerprint density at radius 2 is 1.51 bits per heavy atom. The highest BCUT2D eigenvalue weighted by Gasteiger charge is 2.58. The summed E-state index contributed by atoms with van der Waals surface area (Å²) in [5.74, 6) is -2.47. The predicted molar refractivity (Wildman–Crippen MR) is 144 cm³/mol. The Kier molecular flexibility index (Phi) is 7.25. The number of likely N-dealkylation sites (N-methyl/N-ethyl adjacent to an activating group) is 1. The number of allylic oxidation sites excluding steroid dienone is 5. The second-order valence-electron chi connectivity index (χ2n) is 11.0. The molecule has 3 heterocycles. The number of nitrogens with zero attached hydrogens (tertiary/aromatic N) is 2. The standard InChI is InChI=1S/C30H34N2O9/c1-8-12(2)30(38)41-11-18-19-15(23(33)13(3)28(39-6)26(19)36)9-16-22-20-21(24(34)14(4)29(40-7)27(20)37)25(35)17(31(22)5)10-32(16)18/h8,16-18,22,25,35H,9-11H2,1-7H3/b12-8-/t16-,17+,18-,22-,25+/m0/s1. The van der Waals surface area contributed by atoms with Gasteiger partial charge in [-0.25, -0.2) is 4.79 Å². The minimum absolute atomic E-state index is 0.0521. The van der Waals surface area contributed by atoms with Crippen molar-refractivity contribution in [1.29, 1.82) is 0 Å². The number of aliphatic hydroxyl groups is 1. The first kappa shape index (κ1) is 28.8. The van der Waals surface area contributed by atoms with Crippen LogP contribution in [0.3, 0.4) is 0 Å². The first-order valence-corrected chi connectivity index (χ1v) is 13.5. The molecule has 11 heteroatoms. The fraction of sp³-hybridized carbons (Fsp3) is 0.500. The Balaban J connectivity index is 1.66. The number of aliphatic hydroxyl groups excluding tert-OH is 1. The first-order valence-electron chi connectivity index (χ1n) is 13.5. The van der Waals surface area contributed by atoms with E-state index < -0.39 is 53.6 Å². The van der Waals surface area contributed by atoms with Crippen molar-refractivity contribution in [1.82, 2.24) is 9.80 Å². The molecular formula is C30H34N2O9. The van der Waals surface area contributed by atoms with E-state index in [0.717, 1.165) is 0 Å². The van der Waals surface area contributed by atoms with Gasteiger partial charge in [-0.1, -0.05) is 6.08 Å². The van der Waals surface area contributed by atoms with Gasteiger partial charge in [0, 0.05) is 51.6 Å². The number of ether oxygens (including phenoxy) is 3. The summed E-state index contributed by atoms with van der Waals surface area (Å²) in [5.41, 5.74) is 1.33. The molecule has 0 radical (unpaired) electrons. The molecule has 1 N–H and O–H groups in total. The average molecular weight is 567 g/mol. The topological polar surface area (TPSA) is 140 Å². The van der Waals surface area contributed by atoms with Crippen molar-refractivity contribution in [3.8, 4) is 0 Å². The monoisotopic (exact) mass is 566 g/mol. The van der Waals surface area contributed by atoms with Gasteiger partial charge in [-0.2, -0.15) is 0 Å². The van der Waals surface area contributed by atoms with Crippen LogP contribution < -0.4 is 0 Å². The van der Waals surface area contributed by atoms with Crippen LogP contribution in [0, 0.1) is 0 Å². The molecule has 0 saturated carbocycles. The largest absolute Gasteiger partial charge is 0.492 e. The molecule has 5 rings (SSSR count). The minimum atomic E-state index is -1.29. The summed E-state index contributed by atoms with van der Waals surface area (Å²) in [6.45, 7) is 6.29. The van der Waals surface area contributed by atoms with Crippen molar-refractivity contribution in [2.75, 3.05) is 34.4 Å². The number of rotatable bonds is 5. The van der Waals surface area contributed by atoms with Crippen molar-refractivity contribution < 1.29 is 43.3 Å². The van der Waals surface area contributed by atoms with E-state index in [-0.39, 0.29) is 70.3 Å². The molecule has 2 bridgehead atoms. The van der Waals surface area contributed by atoms with Gasteiger partial charge in [-0.05, 0) is 41.2 Å². The Morgan fingerprint density at radius 3 is 2.10 bits per heavy atom. The van der Waals surface area contributed by atoms with Crippen molar-refractivity contribution in [2.24, 2.45) is 0 Å². The highest BCUT2D eigenvalue weighted by Crippen LogP contribution is 2.47. The highest BCUT2D eigenvalue weighted by molar-refractivity contribution is 6.26. The number of Topliss-reactive ketones (excluding diaryl/α,β-unsaturated/α-hetero) is 4. The molecule has 218 valence electrons. The van der Waals surface area contributed by atoms with Gasteiger partial charge in [0.1, 0.15) is 6.61 Å². The van der Waals surface area contributed by atoms with Gasteiger partial charge in [0.15, 0.2) is 23.1 Å². The summed E-state index contributed by atoms with van der Waals surface area (Å²) < 4.78 is 16.3. The third-order valence-corrected chi connectivity index (χ3v) is 9.19. The van der Waals surface area contributed by atoms with Crippen LogP contribution in [0.4, 0.5) is 0 Å². The zero-order valence-corrected chi connectivity index (χ0v) is 24.2. The number of carbonyl (C=O) groups excluding carboxylic acids is 5. The third kappa shape index (κ3) is 4.01. The highest BCUT2D eigenvalue weighted by atomic mass is 16.5. The number of carbonyl (C=O) groups is 5. The Hall–Kier alpha value is -3.67. The zero-order valence-electron chi connectivity index (χ0n) is 24.2. The number of hydrogen-bond acceptors (Lipinski definition) is 11. The van der Waals surface area contributed by atoms with Crippen LogP contribution in [0.5, 0.6) is 0 Å². The van der Waals surface area contributed by atoms with Crippen LogP contribution in [-0.4, -0.2) is 109 Å². The van der Waals surface area contributed by atoms with E-state index in [2.05, 4.69) is 0 Å². The van der Waals surface area contributed by atoms with Crippen molar-refractivity contribution in [3.05, 3.63) is 56.6 Å². The molecule has 0 aromatic rings. The van der Waals surface area contributed by atoms with Gasteiger partial charge < -0.3 is 19.3 Å². The average Bonchev–Trinajstić information content (AvgIpc) is 2.95. The number of esters is 1. The molecule has 1 fully saturated rings. The third-order valence-electron chi connectivity index (χ3n) is 9.19. The molecule has 41 heavy (non-hydrogen) atoms. The molecule has 1 saturated heterocycles. The molecule has 5 atom stereocenters. The van der Waals surface area contributed by atoms with Crippen LogP contribution in [-0.2, 0) is 38.2 Å². The maximum Gasteiger partial charge on any atom is 0.333 e. The van der Waals surface area contributed by atoms with Crippen LogP contribution in [0.15, 0.2) is 56.6 Å². The van der Waals surface area contributed by atoms with Crippen LogP contribution in [0.2, 0.25) is 0 Å². The Morgan fingerprint density at radius 1 is 0.927 bits per heavy atom. The van der Waals surface area contributed by atoms with Crippen molar-refractivity contribution in [3.63, 3.8) is 0 Å². The summed E-state index contributed by atoms with van der Waals surface area (Å²) in [6.07, 6.45) is 0.426. The second kappa shape index (κ2) is 10.3. The molecule has 0 amide bonds.